The van der Waals surface area contributed by atoms with Gasteiger partial charge in [0.15, 0.2) is 17.9 Å². The van der Waals surface area contributed by atoms with E-state index in [9.17, 15) is 0 Å². The minimum Gasteiger partial charge on any atom is -0.344 e. The summed E-state index contributed by atoms with van der Waals surface area (Å²) in [4.78, 5) is 0. The smallest absolute Gasteiger partial charge is 0.190 e. The second kappa shape index (κ2) is 3.42. The summed E-state index contributed by atoms with van der Waals surface area (Å²) in [5.41, 5.74) is 0. The summed E-state index contributed by atoms with van der Waals surface area (Å²) in [5, 5.41) is 0. The quantitative estimate of drug-likeness (QED) is 0.645. The van der Waals surface area contributed by atoms with E-state index in [-0.39, 0.29) is 31.3 Å². The minimum atomic E-state index is -0.688. The molecule has 0 amide bonds. The van der Waals surface area contributed by atoms with Gasteiger partial charge in [0.1, 0.15) is 18.3 Å². The van der Waals surface area contributed by atoms with Crippen molar-refractivity contribution in [3.8, 4) is 0 Å². The minimum absolute atomic E-state index is 0.119. The normalized spacial score (nSPS) is 51.8. The molecular weight excluding hydrogens is 224 g/mol. The number of hydrogen-bond acceptors (Lipinski definition) is 5. The van der Waals surface area contributed by atoms with Crippen LogP contribution >= 0.6 is 0 Å². The summed E-state index contributed by atoms with van der Waals surface area (Å²) < 4.78 is 36.6. The van der Waals surface area contributed by atoms with Crippen LogP contribution in [0, 0.1) is 0 Å². The lowest BCUT2D eigenvalue weighted by molar-refractivity contribution is -0.229. The number of hydrogen-bond donors (Lipinski definition) is 0. The molecule has 0 aliphatic carbocycles. The fourth-order valence-electron chi connectivity index (χ4n) is 2.69. The molecule has 3 fully saturated rings. The third kappa shape index (κ3) is 1.90. The van der Waals surface area contributed by atoms with Crippen LogP contribution < -0.4 is 0 Å². The van der Waals surface area contributed by atoms with Crippen molar-refractivity contribution in [1.82, 2.24) is 0 Å². The van der Waals surface area contributed by atoms with Crippen LogP contribution in [-0.4, -0.2) is 42.3 Å². The highest BCUT2D eigenvalue weighted by molar-refractivity contribution is 4.98. The fourth-order valence-corrected chi connectivity index (χ4v) is 2.69. The Bertz CT molecular complexity index is 345. The first-order valence-corrected chi connectivity index (χ1v) is 5.97. The zero-order valence-corrected chi connectivity index (χ0v) is 10.6. The fraction of sp³-hybridized carbons (Fsp3) is 1.00. The molecule has 3 aliphatic heterocycles. The predicted octanol–water partition coefficient (Wildman–Crippen LogP) is 1.40. The van der Waals surface area contributed by atoms with Crippen molar-refractivity contribution in [2.45, 2.75) is 76.9 Å². The summed E-state index contributed by atoms with van der Waals surface area (Å²) in [7, 11) is 0. The highest BCUT2D eigenvalue weighted by Gasteiger charge is 2.59. The van der Waals surface area contributed by atoms with Gasteiger partial charge in [-0.1, -0.05) is 0 Å². The number of ether oxygens (including phenoxy) is 5. The molecule has 3 heterocycles. The molecule has 5 atom stereocenters. The van der Waals surface area contributed by atoms with Crippen LogP contribution in [0.4, 0.5) is 0 Å². The lowest BCUT2D eigenvalue weighted by Gasteiger charge is -2.35. The molecule has 17 heavy (non-hydrogen) atoms. The van der Waals surface area contributed by atoms with E-state index < -0.39 is 17.9 Å². The molecule has 0 bridgehead atoms. The molecule has 5 heteroatoms. The van der Waals surface area contributed by atoms with Crippen LogP contribution in [0.25, 0.3) is 0 Å². The maximum atomic E-state index is 7.57. The molecule has 0 aromatic heterocycles. The zero-order valence-electron chi connectivity index (χ0n) is 11.6. The van der Waals surface area contributed by atoms with Gasteiger partial charge >= 0.3 is 0 Å². The zero-order chi connectivity index (χ0) is 13.1. The largest absolute Gasteiger partial charge is 0.344 e. The van der Waals surface area contributed by atoms with Gasteiger partial charge in [0.05, 0.1) is 6.10 Å². The van der Waals surface area contributed by atoms with Crippen LogP contribution in [0.1, 0.15) is 36.0 Å². The first-order chi connectivity index (χ1) is 8.31. The van der Waals surface area contributed by atoms with E-state index in [4.69, 9.17) is 25.1 Å². The van der Waals surface area contributed by atoms with Gasteiger partial charge in [-0.05, 0) is 34.6 Å². The van der Waals surface area contributed by atoms with Gasteiger partial charge in [-0.3, -0.25) is 0 Å². The molecule has 0 unspecified atom stereocenters. The molecule has 0 radical (unpaired) electrons. The van der Waals surface area contributed by atoms with E-state index in [1.54, 1.807) is 0 Å². The average molecular weight is 245 g/mol. The summed E-state index contributed by atoms with van der Waals surface area (Å²) in [5.74, 6) is -1.36. The SMILES string of the molecule is [2H]C[C@@H]1O[C@H]2OC(C)(C)O[C@H]2[C@@H]2OC(C)(C)O[C@@H]21. The van der Waals surface area contributed by atoms with E-state index in [2.05, 4.69) is 0 Å². The first kappa shape index (κ1) is 10.7. The molecule has 0 N–H and O–H groups in total. The van der Waals surface area contributed by atoms with Crippen LogP contribution in [0.5, 0.6) is 0 Å². The van der Waals surface area contributed by atoms with Gasteiger partial charge in [0.25, 0.3) is 0 Å². The van der Waals surface area contributed by atoms with Crippen molar-refractivity contribution in [1.29, 1.82) is 0 Å². The van der Waals surface area contributed by atoms with Gasteiger partial charge in [0, 0.05) is 1.37 Å². The van der Waals surface area contributed by atoms with E-state index in [1.165, 1.54) is 0 Å². The second-order valence-corrected chi connectivity index (χ2v) is 5.71. The molecule has 98 valence electrons. The molecule has 3 aliphatic rings. The lowest BCUT2D eigenvalue weighted by Crippen LogP contribution is -2.53. The van der Waals surface area contributed by atoms with Crippen LogP contribution in [0.3, 0.4) is 0 Å². The van der Waals surface area contributed by atoms with E-state index in [1.807, 2.05) is 27.7 Å². The third-order valence-corrected chi connectivity index (χ3v) is 3.25. The number of fused-ring (bicyclic) bond motifs is 3. The van der Waals surface area contributed by atoms with Crippen molar-refractivity contribution in [3.63, 3.8) is 0 Å². The van der Waals surface area contributed by atoms with Gasteiger partial charge in [-0.2, -0.15) is 0 Å². The van der Waals surface area contributed by atoms with Crippen molar-refractivity contribution in [2.24, 2.45) is 0 Å². The van der Waals surface area contributed by atoms with Gasteiger partial charge in [0.2, 0.25) is 0 Å². The Morgan fingerprint density at radius 2 is 1.41 bits per heavy atom. The Morgan fingerprint density at radius 1 is 0.824 bits per heavy atom. The topological polar surface area (TPSA) is 46.2 Å². The maximum absolute atomic E-state index is 7.57. The molecule has 0 spiro atoms. The Kier molecular flexibility index (Phi) is 2.15. The molecule has 0 aromatic rings. The van der Waals surface area contributed by atoms with E-state index in [0.29, 0.717) is 0 Å². The van der Waals surface area contributed by atoms with E-state index >= 15 is 0 Å². The van der Waals surface area contributed by atoms with Crippen molar-refractivity contribution in [2.75, 3.05) is 0 Å². The highest BCUT2D eigenvalue weighted by atomic mass is 16.9. The molecule has 0 saturated carbocycles. The summed E-state index contributed by atoms with van der Waals surface area (Å²) >= 11 is 0. The Morgan fingerprint density at radius 3 is 2.12 bits per heavy atom. The first-order valence-electron chi connectivity index (χ1n) is 6.68. The molecule has 3 rings (SSSR count). The van der Waals surface area contributed by atoms with Gasteiger partial charge in [-0.15, -0.1) is 0 Å². The van der Waals surface area contributed by atoms with Crippen molar-refractivity contribution >= 4 is 0 Å². The van der Waals surface area contributed by atoms with Crippen LogP contribution in [0.15, 0.2) is 0 Å². The standard InChI is InChI=1S/C12H20O5/c1-6-7-8(15-11(2,3)14-7)9-10(13-6)17-12(4,5)16-9/h6-10H,1-5H3/t6-,7+,8+,9-,10-/m0/s1/i1D. The Hall–Kier alpha value is -0.200. The van der Waals surface area contributed by atoms with Crippen LogP contribution in [-0.2, 0) is 23.7 Å². The molecule has 5 nitrogen and oxygen atoms in total. The van der Waals surface area contributed by atoms with E-state index in [0.717, 1.165) is 0 Å². The summed E-state index contributed by atoms with van der Waals surface area (Å²) in [6.07, 6.45) is -1.62. The average Bonchev–Trinajstić information content (AvgIpc) is 2.71. The molecule has 0 aromatic carbocycles. The predicted molar refractivity (Wildman–Crippen MR) is 58.2 cm³/mol. The monoisotopic (exact) mass is 245 g/mol. The van der Waals surface area contributed by atoms with Crippen LogP contribution in [0.2, 0.25) is 0 Å². The van der Waals surface area contributed by atoms with Crippen molar-refractivity contribution in [3.05, 3.63) is 0 Å². The van der Waals surface area contributed by atoms with Gasteiger partial charge in [-0.25, -0.2) is 0 Å². The molecular formula is C12H20O5. The van der Waals surface area contributed by atoms with Gasteiger partial charge < -0.3 is 23.7 Å². The maximum Gasteiger partial charge on any atom is 0.190 e. The Balaban J connectivity index is 1.86. The summed E-state index contributed by atoms with van der Waals surface area (Å²) in [6.45, 7) is 7.54. The van der Waals surface area contributed by atoms with Crippen molar-refractivity contribution < 1.29 is 25.1 Å². The number of rotatable bonds is 0. The highest BCUT2D eigenvalue weighted by Crippen LogP contribution is 2.43. The third-order valence-electron chi connectivity index (χ3n) is 3.25. The Labute approximate surface area is 103 Å². The summed E-state index contributed by atoms with van der Waals surface area (Å²) in [6, 6.07) is 0. The molecule has 3 saturated heterocycles. The lowest BCUT2D eigenvalue weighted by atomic mass is 10.0. The second-order valence-electron chi connectivity index (χ2n) is 5.71.